The van der Waals surface area contributed by atoms with Crippen molar-refractivity contribution in [3.63, 3.8) is 0 Å². The molecule has 0 fully saturated rings. The molecule has 0 aliphatic heterocycles. The smallest absolute Gasteiger partial charge is 0.155 e. The lowest BCUT2D eigenvalue weighted by molar-refractivity contribution is 0.112. The van der Waals surface area contributed by atoms with Gasteiger partial charge < -0.3 is 4.74 Å². The Kier molecular flexibility index (Phi) is 5.34. The van der Waals surface area contributed by atoms with Crippen molar-refractivity contribution in [3.8, 4) is 5.75 Å². The molecule has 1 aromatic rings. The van der Waals surface area contributed by atoms with Crippen LogP contribution in [0.2, 0.25) is 0 Å². The summed E-state index contributed by atoms with van der Waals surface area (Å²) >= 11 is 3.25. The number of rotatable bonds is 6. The highest BCUT2D eigenvalue weighted by atomic mass is 79.9. The molecule has 1 rings (SSSR count). The molecular weight excluding hydrogens is 320 g/mol. The maximum absolute atomic E-state index is 11.6. The third-order valence-electron chi connectivity index (χ3n) is 2.44. The van der Waals surface area contributed by atoms with Crippen LogP contribution < -0.4 is 4.74 Å². The Bertz CT molecular complexity index is 523. The van der Waals surface area contributed by atoms with E-state index in [-0.39, 0.29) is 12.4 Å². The minimum absolute atomic E-state index is 0.0446. The highest BCUT2D eigenvalue weighted by Gasteiger charge is 2.16. The summed E-state index contributed by atoms with van der Waals surface area (Å²) in [7, 11) is -3.12. The van der Waals surface area contributed by atoms with Crippen LogP contribution in [0.25, 0.3) is 0 Å². The molecule has 6 heteroatoms. The van der Waals surface area contributed by atoms with Gasteiger partial charge in [-0.2, -0.15) is 0 Å². The van der Waals surface area contributed by atoms with Crippen LogP contribution in [0.3, 0.4) is 0 Å². The molecule has 0 aromatic heterocycles. The van der Waals surface area contributed by atoms with Crippen LogP contribution in [-0.4, -0.2) is 32.3 Å². The van der Waals surface area contributed by atoms with Gasteiger partial charge in [0.15, 0.2) is 16.1 Å². The van der Waals surface area contributed by atoms with Crippen LogP contribution in [0.1, 0.15) is 24.2 Å². The summed E-state index contributed by atoms with van der Waals surface area (Å²) in [4.78, 5) is 10.8. The molecule has 0 aliphatic carbocycles. The fourth-order valence-corrected chi connectivity index (χ4v) is 2.41. The van der Waals surface area contributed by atoms with Crippen molar-refractivity contribution in [1.29, 1.82) is 0 Å². The van der Waals surface area contributed by atoms with Gasteiger partial charge in [-0.3, -0.25) is 4.79 Å². The van der Waals surface area contributed by atoms with Crippen LogP contribution in [-0.2, 0) is 9.84 Å². The van der Waals surface area contributed by atoms with Gasteiger partial charge in [-0.25, -0.2) is 8.42 Å². The zero-order valence-electron chi connectivity index (χ0n) is 10.2. The number of hydrogen-bond donors (Lipinski definition) is 0. The third kappa shape index (κ3) is 4.10. The van der Waals surface area contributed by atoms with Crippen LogP contribution in [0, 0.1) is 0 Å². The molecule has 0 aliphatic rings. The Morgan fingerprint density at radius 3 is 2.61 bits per heavy atom. The zero-order valence-corrected chi connectivity index (χ0v) is 12.6. The predicted molar refractivity (Wildman–Crippen MR) is 73.9 cm³/mol. The van der Waals surface area contributed by atoms with Gasteiger partial charge in [0.25, 0.3) is 0 Å². The van der Waals surface area contributed by atoms with E-state index in [9.17, 15) is 13.2 Å². The van der Waals surface area contributed by atoms with Crippen molar-refractivity contribution in [2.75, 3.05) is 12.4 Å². The molecule has 0 heterocycles. The number of ether oxygens (including phenoxy) is 1. The van der Waals surface area contributed by atoms with Crippen LogP contribution >= 0.6 is 15.9 Å². The van der Waals surface area contributed by atoms with Crippen molar-refractivity contribution < 1.29 is 17.9 Å². The van der Waals surface area contributed by atoms with Crippen LogP contribution in [0.4, 0.5) is 0 Å². The van der Waals surface area contributed by atoms with Crippen molar-refractivity contribution in [2.24, 2.45) is 0 Å². The SMILES string of the molecule is CC(C)S(=O)(=O)CCOc1ccc(Br)cc1C=O. The molecule has 0 saturated heterocycles. The van der Waals surface area contributed by atoms with Gasteiger partial charge >= 0.3 is 0 Å². The number of carbonyl (C=O) groups excluding carboxylic acids is 1. The second-order valence-corrected chi connectivity index (χ2v) is 7.66. The molecule has 1 aromatic carbocycles. The number of halogens is 1. The minimum atomic E-state index is -3.12. The standard InChI is InChI=1S/C12H15BrO4S/c1-9(2)18(15,16)6-5-17-12-4-3-11(13)7-10(12)8-14/h3-4,7-9H,5-6H2,1-2H3. The van der Waals surface area contributed by atoms with E-state index < -0.39 is 15.1 Å². The van der Waals surface area contributed by atoms with Crippen molar-refractivity contribution in [1.82, 2.24) is 0 Å². The molecule has 4 nitrogen and oxygen atoms in total. The fraction of sp³-hybridized carbons (Fsp3) is 0.417. The molecule has 0 saturated carbocycles. The molecule has 0 atom stereocenters. The Hall–Kier alpha value is -0.880. The van der Waals surface area contributed by atoms with E-state index in [2.05, 4.69) is 15.9 Å². The van der Waals surface area contributed by atoms with E-state index in [0.29, 0.717) is 17.6 Å². The minimum Gasteiger partial charge on any atom is -0.492 e. The van der Waals surface area contributed by atoms with Crippen LogP contribution in [0.15, 0.2) is 22.7 Å². The van der Waals surface area contributed by atoms with E-state index in [0.717, 1.165) is 4.47 Å². The first-order chi connectivity index (χ1) is 8.36. The molecule has 100 valence electrons. The van der Waals surface area contributed by atoms with E-state index in [1.54, 1.807) is 32.0 Å². The lowest BCUT2D eigenvalue weighted by Crippen LogP contribution is -2.22. The second-order valence-electron chi connectivity index (χ2n) is 4.06. The lowest BCUT2D eigenvalue weighted by Gasteiger charge is -2.10. The first kappa shape index (κ1) is 15.2. The molecule has 0 spiro atoms. The molecule has 0 N–H and O–H groups in total. The maximum atomic E-state index is 11.6. The van der Waals surface area contributed by atoms with Gasteiger partial charge in [0.05, 0.1) is 16.6 Å². The largest absolute Gasteiger partial charge is 0.492 e. The summed E-state index contributed by atoms with van der Waals surface area (Å²) < 4.78 is 29.3. The summed E-state index contributed by atoms with van der Waals surface area (Å²) in [6.07, 6.45) is 0.678. The van der Waals surface area contributed by atoms with Gasteiger partial charge in [0.1, 0.15) is 12.4 Å². The van der Waals surface area contributed by atoms with E-state index in [1.165, 1.54) is 0 Å². The molecule has 0 amide bonds. The van der Waals surface area contributed by atoms with Gasteiger partial charge in [0, 0.05) is 4.47 Å². The van der Waals surface area contributed by atoms with E-state index in [4.69, 9.17) is 4.74 Å². The monoisotopic (exact) mass is 334 g/mol. The number of benzene rings is 1. The fourth-order valence-electron chi connectivity index (χ4n) is 1.25. The van der Waals surface area contributed by atoms with E-state index >= 15 is 0 Å². The van der Waals surface area contributed by atoms with Crippen LogP contribution in [0.5, 0.6) is 5.75 Å². The predicted octanol–water partition coefficient (Wildman–Crippen LogP) is 2.46. The molecule has 0 radical (unpaired) electrons. The van der Waals surface area contributed by atoms with Gasteiger partial charge in [-0.1, -0.05) is 15.9 Å². The number of sulfone groups is 1. The normalized spacial score (nSPS) is 11.6. The molecular formula is C12H15BrO4S. The molecule has 0 bridgehead atoms. The van der Waals surface area contributed by atoms with Crippen molar-refractivity contribution >= 4 is 32.1 Å². The van der Waals surface area contributed by atoms with Gasteiger partial charge in [-0.05, 0) is 32.0 Å². The highest BCUT2D eigenvalue weighted by molar-refractivity contribution is 9.10. The third-order valence-corrected chi connectivity index (χ3v) is 5.11. The number of aldehydes is 1. The summed E-state index contributed by atoms with van der Waals surface area (Å²) in [6.45, 7) is 3.31. The Balaban J connectivity index is 2.68. The van der Waals surface area contributed by atoms with Crippen molar-refractivity contribution in [2.45, 2.75) is 19.1 Å². The maximum Gasteiger partial charge on any atom is 0.155 e. The second kappa shape index (κ2) is 6.33. The average molecular weight is 335 g/mol. The highest BCUT2D eigenvalue weighted by Crippen LogP contribution is 2.21. The Morgan fingerprint density at radius 1 is 1.39 bits per heavy atom. The summed E-state index contributed by atoms with van der Waals surface area (Å²) in [5.74, 6) is 0.339. The average Bonchev–Trinajstić information content (AvgIpc) is 2.30. The van der Waals surface area contributed by atoms with Gasteiger partial charge in [0.2, 0.25) is 0 Å². The number of carbonyl (C=O) groups is 1. The zero-order chi connectivity index (χ0) is 13.8. The first-order valence-corrected chi connectivity index (χ1v) is 7.97. The number of hydrogen-bond acceptors (Lipinski definition) is 4. The van der Waals surface area contributed by atoms with Gasteiger partial charge in [-0.15, -0.1) is 0 Å². The van der Waals surface area contributed by atoms with E-state index in [1.807, 2.05) is 0 Å². The summed E-state index contributed by atoms with van der Waals surface area (Å²) in [6, 6.07) is 4.99. The molecule has 18 heavy (non-hydrogen) atoms. The molecule has 0 unspecified atom stereocenters. The lowest BCUT2D eigenvalue weighted by atomic mass is 10.2. The Morgan fingerprint density at radius 2 is 2.06 bits per heavy atom. The quantitative estimate of drug-likeness (QED) is 0.750. The summed E-state index contributed by atoms with van der Waals surface area (Å²) in [5.41, 5.74) is 0.395. The van der Waals surface area contributed by atoms with Crippen molar-refractivity contribution in [3.05, 3.63) is 28.2 Å². The summed E-state index contributed by atoms with van der Waals surface area (Å²) in [5, 5.41) is -0.420. The topological polar surface area (TPSA) is 60.4 Å². The Labute approximate surface area is 115 Å². The first-order valence-electron chi connectivity index (χ1n) is 5.46.